The number of hydrogen-bond acceptors (Lipinski definition) is 7. The molecule has 0 fully saturated rings. The number of benzene rings is 3. The van der Waals surface area contributed by atoms with Crippen molar-refractivity contribution in [3.63, 3.8) is 0 Å². The van der Waals surface area contributed by atoms with Gasteiger partial charge in [-0.1, -0.05) is 0 Å². The van der Waals surface area contributed by atoms with Crippen molar-refractivity contribution >= 4 is 45.1 Å². The molecule has 0 aliphatic heterocycles. The Morgan fingerprint density at radius 3 is 2.44 bits per heavy atom. The van der Waals surface area contributed by atoms with E-state index < -0.39 is 16.6 Å². The van der Waals surface area contributed by atoms with Gasteiger partial charge in [0.15, 0.2) is 18.1 Å². The van der Waals surface area contributed by atoms with Crippen molar-refractivity contribution in [2.45, 2.75) is 6.92 Å². The van der Waals surface area contributed by atoms with Crippen LogP contribution in [0, 0.1) is 15.9 Å². The number of halogens is 2. The van der Waals surface area contributed by atoms with Gasteiger partial charge in [0.1, 0.15) is 5.82 Å². The minimum atomic E-state index is -0.476. The van der Waals surface area contributed by atoms with Crippen molar-refractivity contribution in [2.75, 3.05) is 24.0 Å². The van der Waals surface area contributed by atoms with Crippen LogP contribution in [0.15, 0.2) is 70.2 Å². The summed E-state index contributed by atoms with van der Waals surface area (Å²) in [5, 5.41) is 17.5. The first kappa shape index (κ1) is 24.6. The molecule has 34 heavy (non-hydrogen) atoms. The standard InChI is InChI=1S/C23H20BrFN4O5/c1-2-33-21-12-15(13-26-28-18-7-9-19(10-8-18)29(31)32)11-20(24)23(21)34-14-22(30)27-17-5-3-16(25)4-6-17/h3-13,28H,2,14H2,1H3,(H,27,30)/b26-13+. The minimum Gasteiger partial charge on any atom is -0.490 e. The number of rotatable bonds is 10. The molecule has 3 aromatic carbocycles. The number of nitro benzene ring substituents is 1. The molecule has 0 spiro atoms. The van der Waals surface area contributed by atoms with Gasteiger partial charge in [0.2, 0.25) is 0 Å². The van der Waals surface area contributed by atoms with Gasteiger partial charge in [-0.2, -0.15) is 5.10 Å². The fraction of sp³-hybridized carbons (Fsp3) is 0.130. The lowest BCUT2D eigenvalue weighted by molar-refractivity contribution is -0.384. The van der Waals surface area contributed by atoms with E-state index in [1.807, 2.05) is 6.92 Å². The number of non-ortho nitro benzene ring substituents is 1. The topological polar surface area (TPSA) is 115 Å². The summed E-state index contributed by atoms with van der Waals surface area (Å²) in [6.45, 7) is 1.90. The molecule has 2 N–H and O–H groups in total. The molecule has 0 bridgehead atoms. The van der Waals surface area contributed by atoms with Gasteiger partial charge in [0.25, 0.3) is 11.6 Å². The summed E-state index contributed by atoms with van der Waals surface area (Å²) in [4.78, 5) is 22.5. The van der Waals surface area contributed by atoms with Crippen LogP contribution in [0.5, 0.6) is 11.5 Å². The fourth-order valence-corrected chi connectivity index (χ4v) is 3.35. The molecule has 0 unspecified atom stereocenters. The second-order valence-corrected chi connectivity index (χ2v) is 7.64. The van der Waals surface area contributed by atoms with E-state index in [2.05, 4.69) is 31.8 Å². The van der Waals surface area contributed by atoms with E-state index >= 15 is 0 Å². The highest BCUT2D eigenvalue weighted by Gasteiger charge is 2.14. The molecule has 0 saturated heterocycles. The molecular formula is C23H20BrFN4O5. The van der Waals surface area contributed by atoms with Gasteiger partial charge in [-0.15, -0.1) is 0 Å². The Morgan fingerprint density at radius 2 is 1.79 bits per heavy atom. The number of amides is 1. The summed E-state index contributed by atoms with van der Waals surface area (Å²) in [7, 11) is 0. The summed E-state index contributed by atoms with van der Waals surface area (Å²) in [6, 6.07) is 14.7. The quantitative estimate of drug-likeness (QED) is 0.207. The van der Waals surface area contributed by atoms with Gasteiger partial charge in [-0.3, -0.25) is 20.3 Å². The van der Waals surface area contributed by atoms with Gasteiger partial charge in [-0.05, 0) is 76.9 Å². The summed E-state index contributed by atoms with van der Waals surface area (Å²) < 4.78 is 24.9. The third-order valence-electron chi connectivity index (χ3n) is 4.29. The van der Waals surface area contributed by atoms with E-state index in [-0.39, 0.29) is 12.3 Å². The zero-order valence-corrected chi connectivity index (χ0v) is 19.5. The monoisotopic (exact) mass is 530 g/mol. The zero-order valence-electron chi connectivity index (χ0n) is 18.0. The molecule has 176 valence electrons. The van der Waals surface area contributed by atoms with Gasteiger partial charge < -0.3 is 14.8 Å². The Kier molecular flexibility index (Phi) is 8.52. The maximum Gasteiger partial charge on any atom is 0.269 e. The first-order chi connectivity index (χ1) is 16.4. The Bertz CT molecular complexity index is 1190. The Hall–Kier alpha value is -3.99. The summed E-state index contributed by atoms with van der Waals surface area (Å²) in [6.07, 6.45) is 1.54. The Labute approximate surface area is 202 Å². The number of anilines is 2. The lowest BCUT2D eigenvalue weighted by Gasteiger charge is -2.14. The van der Waals surface area contributed by atoms with Crippen LogP contribution < -0.4 is 20.2 Å². The fourth-order valence-electron chi connectivity index (χ4n) is 2.77. The maximum atomic E-state index is 13.0. The van der Waals surface area contributed by atoms with Crippen molar-refractivity contribution in [3.05, 3.63) is 86.6 Å². The highest BCUT2D eigenvalue weighted by Crippen LogP contribution is 2.36. The third-order valence-corrected chi connectivity index (χ3v) is 4.88. The van der Waals surface area contributed by atoms with Crippen molar-refractivity contribution in [2.24, 2.45) is 5.10 Å². The molecule has 3 aromatic rings. The van der Waals surface area contributed by atoms with E-state index in [4.69, 9.17) is 9.47 Å². The number of nitrogens with zero attached hydrogens (tertiary/aromatic N) is 2. The molecule has 1 amide bonds. The molecule has 0 saturated carbocycles. The van der Waals surface area contributed by atoms with Crippen LogP contribution in [0.25, 0.3) is 0 Å². The summed E-state index contributed by atoms with van der Waals surface area (Å²) in [5.41, 5.74) is 4.49. The van der Waals surface area contributed by atoms with E-state index in [1.165, 1.54) is 36.4 Å². The Morgan fingerprint density at radius 1 is 1.12 bits per heavy atom. The van der Waals surface area contributed by atoms with Crippen LogP contribution in [0.3, 0.4) is 0 Å². The number of ether oxygens (including phenoxy) is 2. The molecule has 9 nitrogen and oxygen atoms in total. The van der Waals surface area contributed by atoms with Crippen molar-refractivity contribution in [1.82, 2.24) is 0 Å². The first-order valence-corrected chi connectivity index (χ1v) is 10.8. The molecule has 0 aliphatic rings. The average molecular weight is 531 g/mol. The molecule has 0 atom stereocenters. The van der Waals surface area contributed by atoms with Crippen LogP contribution in [0.4, 0.5) is 21.5 Å². The largest absolute Gasteiger partial charge is 0.490 e. The SMILES string of the molecule is CCOc1cc(/C=N/Nc2ccc([N+](=O)[O-])cc2)cc(Br)c1OCC(=O)Nc1ccc(F)cc1. The molecule has 11 heteroatoms. The number of hydrazone groups is 1. The molecule has 0 heterocycles. The number of carbonyl (C=O) groups excluding carboxylic acids is 1. The smallest absolute Gasteiger partial charge is 0.269 e. The van der Waals surface area contributed by atoms with Crippen molar-refractivity contribution in [1.29, 1.82) is 0 Å². The normalized spacial score (nSPS) is 10.7. The molecule has 0 aromatic heterocycles. The second-order valence-electron chi connectivity index (χ2n) is 6.78. The predicted octanol–water partition coefficient (Wildman–Crippen LogP) is 5.36. The number of nitro groups is 1. The molecule has 3 rings (SSSR count). The van der Waals surface area contributed by atoms with Gasteiger partial charge >= 0.3 is 0 Å². The van der Waals surface area contributed by atoms with Gasteiger partial charge in [0, 0.05) is 17.8 Å². The van der Waals surface area contributed by atoms with E-state index in [1.54, 1.807) is 30.5 Å². The highest BCUT2D eigenvalue weighted by atomic mass is 79.9. The lowest BCUT2D eigenvalue weighted by Crippen LogP contribution is -2.20. The summed E-state index contributed by atoms with van der Waals surface area (Å²) in [5.74, 6) is -0.0650. The van der Waals surface area contributed by atoms with Crippen LogP contribution >= 0.6 is 15.9 Å². The van der Waals surface area contributed by atoms with E-state index in [9.17, 15) is 19.3 Å². The predicted molar refractivity (Wildman–Crippen MR) is 130 cm³/mol. The maximum absolute atomic E-state index is 13.0. The molecule has 0 aliphatic carbocycles. The number of hydrogen-bond donors (Lipinski definition) is 2. The Balaban J connectivity index is 1.65. The average Bonchev–Trinajstić information content (AvgIpc) is 2.80. The molecular weight excluding hydrogens is 511 g/mol. The van der Waals surface area contributed by atoms with Crippen LogP contribution in [0.2, 0.25) is 0 Å². The zero-order chi connectivity index (χ0) is 24.5. The lowest BCUT2D eigenvalue weighted by atomic mass is 10.2. The van der Waals surface area contributed by atoms with Gasteiger partial charge in [-0.25, -0.2) is 4.39 Å². The first-order valence-electron chi connectivity index (χ1n) is 10.0. The van der Waals surface area contributed by atoms with E-state index in [0.29, 0.717) is 39.5 Å². The highest BCUT2D eigenvalue weighted by molar-refractivity contribution is 9.10. The van der Waals surface area contributed by atoms with E-state index in [0.717, 1.165) is 0 Å². The minimum absolute atomic E-state index is 0.0123. The van der Waals surface area contributed by atoms with Crippen molar-refractivity contribution < 1.29 is 23.6 Å². The number of nitrogens with one attached hydrogen (secondary N) is 2. The van der Waals surface area contributed by atoms with Crippen LogP contribution in [0.1, 0.15) is 12.5 Å². The van der Waals surface area contributed by atoms with Gasteiger partial charge in [0.05, 0.1) is 27.9 Å². The van der Waals surface area contributed by atoms with Crippen molar-refractivity contribution in [3.8, 4) is 11.5 Å². The number of carbonyl (C=O) groups is 1. The second kappa shape index (κ2) is 11.8. The summed E-state index contributed by atoms with van der Waals surface area (Å²) >= 11 is 3.43. The van der Waals surface area contributed by atoms with Crippen LogP contribution in [-0.2, 0) is 4.79 Å². The molecule has 0 radical (unpaired) electrons. The van der Waals surface area contributed by atoms with Crippen LogP contribution in [-0.4, -0.2) is 30.3 Å². The third kappa shape index (κ3) is 7.01.